The summed E-state index contributed by atoms with van der Waals surface area (Å²) in [5.74, 6) is 0.338. The number of rotatable bonds is 5. The minimum Gasteiger partial charge on any atom is -0.508 e. The van der Waals surface area contributed by atoms with Crippen molar-refractivity contribution in [2.45, 2.75) is 52.2 Å². The van der Waals surface area contributed by atoms with Crippen molar-refractivity contribution >= 4 is 5.91 Å². The summed E-state index contributed by atoms with van der Waals surface area (Å²) in [6, 6.07) is 9.31. The third kappa shape index (κ3) is 4.43. The number of piperidine rings is 1. The average molecular weight is 356 g/mol. The van der Waals surface area contributed by atoms with E-state index in [-0.39, 0.29) is 18.0 Å². The molecule has 2 heterocycles. The first-order valence-electron chi connectivity index (χ1n) is 9.26. The molecule has 1 aromatic heterocycles. The van der Waals surface area contributed by atoms with Gasteiger partial charge in [-0.15, -0.1) is 0 Å². The summed E-state index contributed by atoms with van der Waals surface area (Å²) in [7, 11) is 0. The number of hydrogen-bond donors (Lipinski definition) is 2. The Morgan fingerprint density at radius 1 is 1.31 bits per heavy atom. The molecule has 1 amide bonds. The maximum absolute atomic E-state index is 12.6. The van der Waals surface area contributed by atoms with Crippen molar-refractivity contribution in [2.75, 3.05) is 13.1 Å². The maximum Gasteiger partial charge on any atom is 0.244 e. The molecule has 0 spiro atoms. The summed E-state index contributed by atoms with van der Waals surface area (Å²) in [6.07, 6.45) is 1.88. The molecule has 6 nitrogen and oxygen atoms in total. The minimum atomic E-state index is -0.297. The minimum absolute atomic E-state index is 0.0302. The largest absolute Gasteiger partial charge is 0.508 e. The lowest BCUT2D eigenvalue weighted by molar-refractivity contribution is -0.125. The Kier molecular flexibility index (Phi) is 5.61. The van der Waals surface area contributed by atoms with Crippen LogP contribution in [-0.4, -0.2) is 44.8 Å². The lowest BCUT2D eigenvalue weighted by atomic mass is 10.0. The van der Waals surface area contributed by atoms with Crippen molar-refractivity contribution in [3.05, 3.63) is 47.3 Å². The van der Waals surface area contributed by atoms with E-state index in [1.54, 1.807) is 10.7 Å². The first-order chi connectivity index (χ1) is 12.4. The molecule has 1 fully saturated rings. The van der Waals surface area contributed by atoms with Gasteiger partial charge in [-0.2, -0.15) is 5.10 Å². The van der Waals surface area contributed by atoms with Crippen molar-refractivity contribution in [1.82, 2.24) is 20.0 Å². The topological polar surface area (TPSA) is 70.4 Å². The van der Waals surface area contributed by atoms with Crippen LogP contribution in [0, 0.1) is 13.8 Å². The molecule has 140 valence electrons. The van der Waals surface area contributed by atoms with E-state index in [9.17, 15) is 9.90 Å². The first-order valence-corrected chi connectivity index (χ1v) is 9.26. The Hall–Kier alpha value is -2.34. The molecule has 1 unspecified atom stereocenters. The van der Waals surface area contributed by atoms with Crippen molar-refractivity contribution in [1.29, 1.82) is 0 Å². The zero-order valence-electron chi connectivity index (χ0n) is 15.8. The number of nitrogens with zero attached hydrogens (tertiary/aromatic N) is 3. The van der Waals surface area contributed by atoms with Crippen LogP contribution in [0.3, 0.4) is 0 Å². The second kappa shape index (κ2) is 7.91. The number of aryl methyl sites for hydroxylation is 2. The third-order valence-corrected chi connectivity index (χ3v) is 5.04. The van der Waals surface area contributed by atoms with Gasteiger partial charge in [0.05, 0.1) is 5.69 Å². The number of likely N-dealkylation sites (tertiary alicyclic amines) is 1. The van der Waals surface area contributed by atoms with Crippen LogP contribution in [0.25, 0.3) is 0 Å². The SMILES string of the molecule is Cc1cc(C)n(C(C)C(=O)NC2CCN(Cc3cccc(O)c3)CC2)n1. The fourth-order valence-electron chi connectivity index (χ4n) is 3.62. The number of carbonyl (C=O) groups is 1. The molecule has 6 heteroatoms. The van der Waals surface area contributed by atoms with Gasteiger partial charge in [0, 0.05) is 31.4 Å². The highest BCUT2D eigenvalue weighted by molar-refractivity contribution is 5.80. The molecule has 1 aliphatic heterocycles. The molecule has 1 aliphatic rings. The van der Waals surface area contributed by atoms with Gasteiger partial charge < -0.3 is 10.4 Å². The highest BCUT2D eigenvalue weighted by atomic mass is 16.3. The van der Waals surface area contributed by atoms with E-state index in [1.165, 1.54) is 0 Å². The van der Waals surface area contributed by atoms with Crippen molar-refractivity contribution in [3.8, 4) is 5.75 Å². The number of aromatic nitrogens is 2. The van der Waals surface area contributed by atoms with Crippen molar-refractivity contribution < 1.29 is 9.90 Å². The molecule has 0 radical (unpaired) electrons. The molecule has 3 rings (SSSR count). The van der Waals surface area contributed by atoms with E-state index < -0.39 is 0 Å². The standard InChI is InChI=1S/C20H28N4O2/c1-14-11-15(2)24(22-14)16(3)20(26)21-18-7-9-23(10-8-18)13-17-5-4-6-19(25)12-17/h4-6,11-12,16,18,25H,7-10,13H2,1-3H3,(H,21,26). The smallest absolute Gasteiger partial charge is 0.244 e. The molecule has 0 aliphatic carbocycles. The number of nitrogens with one attached hydrogen (secondary N) is 1. The fraction of sp³-hybridized carbons (Fsp3) is 0.500. The Morgan fingerprint density at radius 3 is 2.65 bits per heavy atom. The van der Waals surface area contributed by atoms with E-state index in [1.807, 2.05) is 45.0 Å². The fourth-order valence-corrected chi connectivity index (χ4v) is 3.62. The monoisotopic (exact) mass is 356 g/mol. The summed E-state index contributed by atoms with van der Waals surface area (Å²) in [4.78, 5) is 14.9. The molecule has 0 saturated carbocycles. The second-order valence-electron chi connectivity index (χ2n) is 7.28. The van der Waals surface area contributed by atoms with Gasteiger partial charge in [0.1, 0.15) is 11.8 Å². The van der Waals surface area contributed by atoms with E-state index in [2.05, 4.69) is 15.3 Å². The molecule has 0 bridgehead atoms. The van der Waals surface area contributed by atoms with Crippen molar-refractivity contribution in [3.63, 3.8) is 0 Å². The van der Waals surface area contributed by atoms with Crippen LogP contribution in [0.5, 0.6) is 5.75 Å². The summed E-state index contributed by atoms with van der Waals surface area (Å²) >= 11 is 0. The predicted octanol–water partition coefficient (Wildman–Crippen LogP) is 2.55. The lowest BCUT2D eigenvalue weighted by Gasteiger charge is -2.33. The Morgan fingerprint density at radius 2 is 2.04 bits per heavy atom. The molecule has 1 aromatic carbocycles. The number of benzene rings is 1. The van der Waals surface area contributed by atoms with Crippen LogP contribution >= 0.6 is 0 Å². The maximum atomic E-state index is 12.6. The predicted molar refractivity (Wildman–Crippen MR) is 101 cm³/mol. The van der Waals surface area contributed by atoms with Crippen LogP contribution in [0.15, 0.2) is 30.3 Å². The van der Waals surface area contributed by atoms with Crippen molar-refractivity contribution in [2.24, 2.45) is 0 Å². The number of carbonyl (C=O) groups excluding carboxylic acids is 1. The van der Waals surface area contributed by atoms with Crippen LogP contribution in [-0.2, 0) is 11.3 Å². The number of amides is 1. The zero-order chi connectivity index (χ0) is 18.7. The van der Waals surface area contributed by atoms with Gasteiger partial charge >= 0.3 is 0 Å². The quantitative estimate of drug-likeness (QED) is 0.864. The molecule has 2 aromatic rings. The van der Waals surface area contributed by atoms with E-state index in [0.717, 1.165) is 49.4 Å². The van der Waals surface area contributed by atoms with E-state index in [4.69, 9.17) is 0 Å². The summed E-state index contributed by atoms with van der Waals surface area (Å²) in [5.41, 5.74) is 3.05. The van der Waals surface area contributed by atoms with Gasteiger partial charge in [-0.1, -0.05) is 12.1 Å². The zero-order valence-corrected chi connectivity index (χ0v) is 15.8. The van der Waals surface area contributed by atoms with Gasteiger partial charge in [0.15, 0.2) is 0 Å². The highest BCUT2D eigenvalue weighted by Gasteiger charge is 2.24. The van der Waals surface area contributed by atoms with E-state index >= 15 is 0 Å². The number of aromatic hydroxyl groups is 1. The number of hydrogen-bond acceptors (Lipinski definition) is 4. The number of phenols is 1. The Balaban J connectivity index is 1.49. The average Bonchev–Trinajstić information content (AvgIpc) is 2.94. The summed E-state index contributed by atoms with van der Waals surface area (Å²) < 4.78 is 1.79. The van der Waals surface area contributed by atoms with E-state index in [0.29, 0.717) is 5.75 Å². The molecule has 1 saturated heterocycles. The molecular formula is C20H28N4O2. The first kappa shape index (κ1) is 18.5. The third-order valence-electron chi connectivity index (χ3n) is 5.04. The van der Waals surface area contributed by atoms with Crippen LogP contribution < -0.4 is 5.32 Å². The van der Waals surface area contributed by atoms with Crippen LogP contribution in [0.2, 0.25) is 0 Å². The van der Waals surface area contributed by atoms with Crippen LogP contribution in [0.1, 0.15) is 42.8 Å². The summed E-state index contributed by atoms with van der Waals surface area (Å²) in [6.45, 7) is 8.52. The Labute approximate surface area is 154 Å². The molecular weight excluding hydrogens is 328 g/mol. The van der Waals surface area contributed by atoms with Gasteiger partial charge in [-0.3, -0.25) is 14.4 Å². The van der Waals surface area contributed by atoms with Gasteiger partial charge in [0.2, 0.25) is 5.91 Å². The molecule has 26 heavy (non-hydrogen) atoms. The Bertz CT molecular complexity index is 763. The number of phenolic OH excluding ortho intramolecular Hbond substituents is 1. The van der Waals surface area contributed by atoms with Gasteiger partial charge in [-0.25, -0.2) is 0 Å². The summed E-state index contributed by atoms with van der Waals surface area (Å²) in [5, 5.41) is 17.2. The molecule has 2 N–H and O–H groups in total. The second-order valence-corrected chi connectivity index (χ2v) is 7.28. The van der Waals surface area contributed by atoms with Crippen LogP contribution in [0.4, 0.5) is 0 Å². The van der Waals surface area contributed by atoms with Gasteiger partial charge in [-0.05, 0) is 57.4 Å². The highest BCUT2D eigenvalue weighted by Crippen LogP contribution is 2.18. The van der Waals surface area contributed by atoms with Gasteiger partial charge in [0.25, 0.3) is 0 Å². The molecule has 1 atom stereocenters. The normalized spacial score (nSPS) is 17.2. The lowest BCUT2D eigenvalue weighted by Crippen LogP contribution is -2.46.